The number of hydrogen-bond acceptors (Lipinski definition) is 2. The lowest BCUT2D eigenvalue weighted by molar-refractivity contribution is -0.118. The van der Waals surface area contributed by atoms with Gasteiger partial charge in [-0.1, -0.05) is 0 Å². The Morgan fingerprint density at radius 3 is 2.88 bits per heavy atom. The Kier molecular flexibility index (Phi) is 4.07. The van der Waals surface area contributed by atoms with Crippen LogP contribution in [0.15, 0.2) is 4.99 Å². The van der Waals surface area contributed by atoms with Crippen LogP contribution < -0.4 is 0 Å². The lowest BCUT2D eigenvalue weighted by Gasteiger charge is -1.90. The van der Waals surface area contributed by atoms with Crippen LogP contribution in [-0.2, 0) is 9.53 Å². The molecule has 0 radical (unpaired) electrons. The highest BCUT2D eigenvalue weighted by Gasteiger charge is 1.92. The molecule has 0 saturated carbocycles. The van der Waals surface area contributed by atoms with Crippen LogP contribution in [0, 0.1) is 0 Å². The molecule has 1 amide bonds. The number of amides is 1. The van der Waals surface area contributed by atoms with E-state index in [2.05, 4.69) is 16.4 Å². The summed E-state index contributed by atoms with van der Waals surface area (Å²) in [6.07, 6.45) is 0.333. The maximum atomic E-state index is 10.3. The Morgan fingerprint density at radius 1 is 1.88 bits per heavy atom. The van der Waals surface area contributed by atoms with Gasteiger partial charge in [-0.3, -0.25) is 4.79 Å². The molecule has 0 saturated heterocycles. The van der Waals surface area contributed by atoms with Crippen LogP contribution in [-0.4, -0.2) is 26.3 Å². The van der Waals surface area contributed by atoms with Crippen molar-refractivity contribution in [2.75, 3.05) is 13.7 Å². The van der Waals surface area contributed by atoms with Gasteiger partial charge >= 0.3 is 0 Å². The first-order valence-electron chi connectivity index (χ1n) is 2.29. The zero-order chi connectivity index (χ0) is 6.41. The van der Waals surface area contributed by atoms with Crippen molar-refractivity contribution in [2.24, 2.45) is 4.99 Å². The summed E-state index contributed by atoms with van der Waals surface area (Å²) in [6.45, 7) is 3.49. The van der Waals surface area contributed by atoms with Gasteiger partial charge in [0.2, 0.25) is 5.91 Å². The topological polar surface area (TPSA) is 38.7 Å². The van der Waals surface area contributed by atoms with Crippen LogP contribution in [0.4, 0.5) is 0 Å². The molecule has 0 aliphatic rings. The van der Waals surface area contributed by atoms with Gasteiger partial charge in [0.25, 0.3) is 0 Å². The van der Waals surface area contributed by atoms with Gasteiger partial charge < -0.3 is 4.74 Å². The first-order valence-corrected chi connectivity index (χ1v) is 2.29. The van der Waals surface area contributed by atoms with Crippen molar-refractivity contribution in [2.45, 2.75) is 6.42 Å². The second-order valence-corrected chi connectivity index (χ2v) is 1.29. The number of hydrogen-bond donors (Lipinski definition) is 0. The number of carbonyl (C=O) groups is 1. The number of carbonyl (C=O) groups excluding carboxylic acids is 1. The van der Waals surface area contributed by atoms with Crippen molar-refractivity contribution in [1.29, 1.82) is 0 Å². The predicted molar refractivity (Wildman–Crippen MR) is 31.0 cm³/mol. The second kappa shape index (κ2) is 4.46. The molecule has 0 rings (SSSR count). The van der Waals surface area contributed by atoms with E-state index in [1.54, 1.807) is 0 Å². The van der Waals surface area contributed by atoms with Crippen molar-refractivity contribution in [3.63, 3.8) is 0 Å². The van der Waals surface area contributed by atoms with Crippen LogP contribution in [0.3, 0.4) is 0 Å². The van der Waals surface area contributed by atoms with Crippen LogP contribution in [0.1, 0.15) is 6.42 Å². The van der Waals surface area contributed by atoms with Crippen molar-refractivity contribution < 1.29 is 9.53 Å². The molecule has 0 aromatic carbocycles. The molecule has 0 bridgehead atoms. The minimum absolute atomic E-state index is 0.216. The van der Waals surface area contributed by atoms with Gasteiger partial charge in [0, 0.05) is 7.11 Å². The SMILES string of the molecule is C=NC(=O)CCOC. The average molecular weight is 115 g/mol. The van der Waals surface area contributed by atoms with E-state index in [9.17, 15) is 4.79 Å². The normalized spacial score (nSPS) is 8.62. The lowest BCUT2D eigenvalue weighted by atomic mass is 10.4. The summed E-state index contributed by atoms with van der Waals surface area (Å²) in [5.74, 6) is -0.216. The van der Waals surface area contributed by atoms with Crippen molar-refractivity contribution in [3.8, 4) is 0 Å². The van der Waals surface area contributed by atoms with Gasteiger partial charge in [0.05, 0.1) is 13.0 Å². The quantitative estimate of drug-likeness (QED) is 0.494. The zero-order valence-electron chi connectivity index (χ0n) is 4.89. The predicted octanol–water partition coefficient (Wildman–Crippen LogP) is 0.250. The Morgan fingerprint density at radius 2 is 2.50 bits per heavy atom. The van der Waals surface area contributed by atoms with E-state index in [0.717, 1.165) is 0 Å². The Bertz CT molecular complexity index is 90.4. The molecule has 0 unspecified atom stereocenters. The highest BCUT2D eigenvalue weighted by Crippen LogP contribution is 1.82. The standard InChI is InChI=1S/C5H9NO2/c1-6-5(7)3-4-8-2/h1,3-4H2,2H3. The first-order chi connectivity index (χ1) is 3.81. The third-order valence-corrected chi connectivity index (χ3v) is 0.696. The third-order valence-electron chi connectivity index (χ3n) is 0.696. The van der Waals surface area contributed by atoms with Gasteiger partial charge in [0.1, 0.15) is 0 Å². The summed E-state index contributed by atoms with van der Waals surface area (Å²) in [6, 6.07) is 0. The number of aliphatic imine (C=N–C) groups is 1. The molecule has 0 N–H and O–H groups in total. The summed E-state index contributed by atoms with van der Waals surface area (Å²) in [4.78, 5) is 13.4. The molecule has 0 aromatic heterocycles. The fourth-order valence-electron chi connectivity index (χ4n) is 0.268. The summed E-state index contributed by atoms with van der Waals surface area (Å²) >= 11 is 0. The summed E-state index contributed by atoms with van der Waals surface area (Å²) in [5, 5.41) is 0. The van der Waals surface area contributed by atoms with E-state index < -0.39 is 0 Å². The van der Waals surface area contributed by atoms with E-state index >= 15 is 0 Å². The third kappa shape index (κ3) is 3.49. The van der Waals surface area contributed by atoms with E-state index in [0.29, 0.717) is 13.0 Å². The zero-order valence-corrected chi connectivity index (χ0v) is 4.89. The van der Waals surface area contributed by atoms with Crippen molar-refractivity contribution in [1.82, 2.24) is 0 Å². The molecular weight excluding hydrogens is 106 g/mol. The largest absolute Gasteiger partial charge is 0.384 e. The Labute approximate surface area is 48.4 Å². The minimum atomic E-state index is -0.216. The van der Waals surface area contributed by atoms with Crippen LogP contribution in [0.2, 0.25) is 0 Å². The molecule has 8 heavy (non-hydrogen) atoms. The molecular formula is C5H9NO2. The second-order valence-electron chi connectivity index (χ2n) is 1.29. The molecule has 0 fully saturated rings. The van der Waals surface area contributed by atoms with Gasteiger partial charge in [-0.2, -0.15) is 0 Å². The van der Waals surface area contributed by atoms with Crippen molar-refractivity contribution in [3.05, 3.63) is 0 Å². The minimum Gasteiger partial charge on any atom is -0.384 e. The summed E-state index contributed by atoms with van der Waals surface area (Å²) in [7, 11) is 1.54. The number of methoxy groups -OCH3 is 1. The van der Waals surface area contributed by atoms with Crippen molar-refractivity contribution >= 4 is 12.6 Å². The maximum Gasteiger partial charge on any atom is 0.247 e. The number of nitrogens with zero attached hydrogens (tertiary/aromatic N) is 1. The highest BCUT2D eigenvalue weighted by molar-refractivity contribution is 5.80. The number of rotatable bonds is 3. The first kappa shape index (κ1) is 7.30. The van der Waals surface area contributed by atoms with E-state index in [4.69, 9.17) is 0 Å². The molecule has 46 valence electrons. The van der Waals surface area contributed by atoms with Gasteiger partial charge in [-0.15, -0.1) is 0 Å². The van der Waals surface area contributed by atoms with Crippen LogP contribution in [0.5, 0.6) is 0 Å². The molecule has 0 aliphatic heterocycles. The lowest BCUT2D eigenvalue weighted by Crippen LogP contribution is -1.97. The average Bonchev–Trinajstić information content (AvgIpc) is 1.83. The van der Waals surface area contributed by atoms with Gasteiger partial charge in [-0.05, 0) is 6.72 Å². The fraction of sp³-hybridized carbons (Fsp3) is 0.600. The molecule has 3 heteroatoms. The van der Waals surface area contributed by atoms with Crippen LogP contribution >= 0.6 is 0 Å². The summed E-state index contributed by atoms with van der Waals surface area (Å²) < 4.78 is 4.61. The maximum absolute atomic E-state index is 10.3. The molecule has 0 atom stereocenters. The van der Waals surface area contributed by atoms with E-state index in [1.165, 1.54) is 7.11 Å². The van der Waals surface area contributed by atoms with Crippen LogP contribution in [0.25, 0.3) is 0 Å². The Balaban J connectivity index is 3.11. The molecule has 0 aliphatic carbocycles. The van der Waals surface area contributed by atoms with Gasteiger partial charge in [0.15, 0.2) is 0 Å². The molecule has 3 nitrogen and oxygen atoms in total. The van der Waals surface area contributed by atoms with E-state index in [-0.39, 0.29) is 5.91 Å². The number of ether oxygens (including phenoxy) is 1. The smallest absolute Gasteiger partial charge is 0.247 e. The van der Waals surface area contributed by atoms with E-state index in [1.807, 2.05) is 0 Å². The fourth-order valence-corrected chi connectivity index (χ4v) is 0.268. The summed E-state index contributed by atoms with van der Waals surface area (Å²) in [5.41, 5.74) is 0. The van der Waals surface area contributed by atoms with Gasteiger partial charge in [-0.25, -0.2) is 4.99 Å². The Hall–Kier alpha value is -0.700. The molecule has 0 spiro atoms. The highest BCUT2D eigenvalue weighted by atomic mass is 16.5. The monoisotopic (exact) mass is 115 g/mol. The molecule has 0 aromatic rings. The molecule has 0 heterocycles.